The molecule has 0 N–H and O–H groups in total. The average Bonchev–Trinajstić information content (AvgIpc) is 2.64. The minimum atomic E-state index is -0.352. The smallest absolute Gasteiger partial charge is 0.266 e. The van der Waals surface area contributed by atoms with Gasteiger partial charge in [0.25, 0.3) is 5.56 Å². The molecule has 130 valence electrons. The Bertz CT molecular complexity index is 1240. The summed E-state index contributed by atoms with van der Waals surface area (Å²) in [6.07, 6.45) is 0.715. The molecule has 0 unspecified atom stereocenters. The topological polar surface area (TPSA) is 52.0 Å². The average molecular weight is 366 g/mol. The Morgan fingerprint density at radius 3 is 2.54 bits per heavy atom. The fraction of sp³-hybridized carbons (Fsp3) is 0.150. The SMILES string of the molecule is CCCn1c(-c2ccc(F)cc2)nc2sc3ccccc3c(=O)c2c1=O. The van der Waals surface area contributed by atoms with Gasteiger partial charge in [-0.05, 0) is 42.8 Å². The molecule has 0 radical (unpaired) electrons. The van der Waals surface area contributed by atoms with Crippen molar-refractivity contribution in [2.45, 2.75) is 19.9 Å². The fourth-order valence-corrected chi connectivity index (χ4v) is 4.08. The van der Waals surface area contributed by atoms with E-state index < -0.39 is 0 Å². The lowest BCUT2D eigenvalue weighted by molar-refractivity contribution is 0.627. The first-order valence-electron chi connectivity index (χ1n) is 8.32. The molecule has 0 aliphatic heterocycles. The van der Waals surface area contributed by atoms with Crippen LogP contribution in [-0.4, -0.2) is 9.55 Å². The molecule has 6 heteroatoms. The van der Waals surface area contributed by atoms with Crippen molar-refractivity contribution in [1.29, 1.82) is 0 Å². The number of benzene rings is 2. The van der Waals surface area contributed by atoms with Gasteiger partial charge in [0.05, 0.1) is 0 Å². The van der Waals surface area contributed by atoms with Gasteiger partial charge in [-0.1, -0.05) is 19.1 Å². The van der Waals surface area contributed by atoms with Crippen molar-refractivity contribution >= 4 is 31.6 Å². The molecule has 0 atom stereocenters. The van der Waals surface area contributed by atoms with Gasteiger partial charge in [0.1, 0.15) is 21.9 Å². The fourth-order valence-electron chi connectivity index (χ4n) is 3.04. The molecule has 0 saturated carbocycles. The molecule has 4 nitrogen and oxygen atoms in total. The van der Waals surface area contributed by atoms with Crippen molar-refractivity contribution in [2.75, 3.05) is 0 Å². The summed E-state index contributed by atoms with van der Waals surface area (Å²) >= 11 is 1.32. The van der Waals surface area contributed by atoms with Crippen LogP contribution in [0.3, 0.4) is 0 Å². The van der Waals surface area contributed by atoms with Gasteiger partial charge in [0.15, 0.2) is 0 Å². The quantitative estimate of drug-likeness (QED) is 0.511. The first kappa shape index (κ1) is 16.6. The lowest BCUT2D eigenvalue weighted by Gasteiger charge is -2.13. The number of fused-ring (bicyclic) bond motifs is 2. The number of hydrogen-bond acceptors (Lipinski definition) is 4. The Labute approximate surface area is 152 Å². The van der Waals surface area contributed by atoms with E-state index in [-0.39, 0.29) is 22.2 Å². The Balaban J connectivity index is 2.14. The predicted molar refractivity (Wildman–Crippen MR) is 103 cm³/mol. The summed E-state index contributed by atoms with van der Waals surface area (Å²) in [5.74, 6) is 0.102. The Morgan fingerprint density at radius 2 is 1.81 bits per heavy atom. The highest BCUT2D eigenvalue weighted by Gasteiger charge is 2.17. The number of aromatic nitrogens is 2. The summed E-state index contributed by atoms with van der Waals surface area (Å²) in [4.78, 5) is 31.0. The van der Waals surface area contributed by atoms with Crippen LogP contribution in [0.15, 0.2) is 58.1 Å². The molecule has 4 aromatic rings. The van der Waals surface area contributed by atoms with Crippen LogP contribution in [0.4, 0.5) is 4.39 Å². The van der Waals surface area contributed by atoms with Gasteiger partial charge in [0, 0.05) is 22.2 Å². The van der Waals surface area contributed by atoms with Crippen LogP contribution >= 0.6 is 11.3 Å². The summed E-state index contributed by atoms with van der Waals surface area (Å²) in [5.41, 5.74) is 0.0113. The Morgan fingerprint density at radius 1 is 1.08 bits per heavy atom. The van der Waals surface area contributed by atoms with Crippen LogP contribution < -0.4 is 11.0 Å². The number of hydrogen-bond donors (Lipinski definition) is 0. The summed E-state index contributed by atoms with van der Waals surface area (Å²) in [5, 5.41) is 0.648. The summed E-state index contributed by atoms with van der Waals surface area (Å²) in [6, 6.07) is 13.1. The maximum atomic E-state index is 13.3. The largest absolute Gasteiger partial charge is 0.292 e. The van der Waals surface area contributed by atoms with Crippen molar-refractivity contribution in [1.82, 2.24) is 9.55 Å². The van der Waals surface area contributed by atoms with Crippen LogP contribution in [0.5, 0.6) is 0 Å². The van der Waals surface area contributed by atoms with Crippen molar-refractivity contribution in [2.24, 2.45) is 0 Å². The molecular formula is C20H15FN2O2S. The van der Waals surface area contributed by atoms with Gasteiger partial charge in [-0.3, -0.25) is 14.2 Å². The van der Waals surface area contributed by atoms with Crippen LogP contribution in [0.1, 0.15) is 13.3 Å². The molecule has 0 spiro atoms. The number of rotatable bonds is 3. The van der Waals surface area contributed by atoms with Crippen molar-refractivity contribution in [3.05, 3.63) is 74.9 Å². The molecule has 0 amide bonds. The van der Waals surface area contributed by atoms with Crippen LogP contribution in [0.25, 0.3) is 31.7 Å². The standard InChI is InChI=1S/C20H15FN2O2S/c1-2-11-23-18(12-7-9-13(21)10-8-12)22-19-16(20(23)25)17(24)14-5-3-4-6-15(14)26-19/h3-10H,2,11H2,1H3. The third-order valence-corrected chi connectivity index (χ3v) is 5.32. The molecule has 2 aromatic carbocycles. The van der Waals surface area contributed by atoms with Crippen molar-refractivity contribution in [3.63, 3.8) is 0 Å². The minimum absolute atomic E-state index is 0.119. The highest BCUT2D eigenvalue weighted by atomic mass is 32.1. The van der Waals surface area contributed by atoms with E-state index in [1.165, 1.54) is 28.0 Å². The predicted octanol–water partition coefficient (Wildman–Crippen LogP) is 4.19. The maximum absolute atomic E-state index is 13.3. The molecule has 26 heavy (non-hydrogen) atoms. The van der Waals surface area contributed by atoms with Gasteiger partial charge < -0.3 is 0 Å². The maximum Gasteiger partial charge on any atom is 0.266 e. The third-order valence-electron chi connectivity index (χ3n) is 4.25. The van der Waals surface area contributed by atoms with E-state index >= 15 is 0 Å². The summed E-state index contributed by atoms with van der Waals surface area (Å²) in [7, 11) is 0. The van der Waals surface area contributed by atoms with Gasteiger partial charge >= 0.3 is 0 Å². The monoisotopic (exact) mass is 366 g/mol. The molecule has 2 heterocycles. The van der Waals surface area contributed by atoms with Gasteiger partial charge in [-0.15, -0.1) is 11.3 Å². The van der Waals surface area contributed by atoms with Crippen molar-refractivity contribution < 1.29 is 4.39 Å². The lowest BCUT2D eigenvalue weighted by atomic mass is 10.2. The molecule has 0 aliphatic rings. The van der Waals surface area contributed by atoms with E-state index in [0.29, 0.717) is 34.6 Å². The van der Waals surface area contributed by atoms with Gasteiger partial charge in [-0.25, -0.2) is 9.37 Å². The normalized spacial score (nSPS) is 11.3. The number of nitrogens with zero attached hydrogens (tertiary/aromatic N) is 2. The van der Waals surface area contributed by atoms with Gasteiger partial charge in [0.2, 0.25) is 5.43 Å². The third kappa shape index (κ3) is 2.63. The van der Waals surface area contributed by atoms with E-state index in [2.05, 4.69) is 4.98 Å². The molecule has 0 aliphatic carbocycles. The molecular weight excluding hydrogens is 351 g/mol. The summed E-state index contributed by atoms with van der Waals surface area (Å²) < 4.78 is 15.6. The van der Waals surface area contributed by atoms with E-state index in [0.717, 1.165) is 4.70 Å². The van der Waals surface area contributed by atoms with E-state index in [9.17, 15) is 14.0 Å². The van der Waals surface area contributed by atoms with Crippen LogP contribution in [-0.2, 0) is 6.54 Å². The molecule has 0 saturated heterocycles. The van der Waals surface area contributed by atoms with Crippen molar-refractivity contribution in [3.8, 4) is 11.4 Å². The second-order valence-corrected chi connectivity index (χ2v) is 7.04. The second kappa shape index (κ2) is 6.46. The molecule has 2 aromatic heterocycles. The van der Waals surface area contributed by atoms with E-state index in [1.807, 2.05) is 19.1 Å². The zero-order chi connectivity index (χ0) is 18.3. The highest BCUT2D eigenvalue weighted by molar-refractivity contribution is 7.24. The van der Waals surface area contributed by atoms with Crippen LogP contribution in [0.2, 0.25) is 0 Å². The van der Waals surface area contributed by atoms with E-state index in [4.69, 9.17) is 0 Å². The highest BCUT2D eigenvalue weighted by Crippen LogP contribution is 2.25. The van der Waals surface area contributed by atoms with Crippen LogP contribution in [0, 0.1) is 5.82 Å². The second-order valence-electron chi connectivity index (χ2n) is 6.01. The number of halogens is 1. The minimum Gasteiger partial charge on any atom is -0.292 e. The molecule has 4 rings (SSSR count). The lowest BCUT2D eigenvalue weighted by Crippen LogP contribution is -2.27. The van der Waals surface area contributed by atoms with Gasteiger partial charge in [-0.2, -0.15) is 0 Å². The Kier molecular flexibility index (Phi) is 4.12. The molecule has 0 bridgehead atoms. The molecule has 0 fully saturated rings. The van der Waals surface area contributed by atoms with E-state index in [1.54, 1.807) is 24.3 Å². The first-order chi connectivity index (χ1) is 12.6. The first-order valence-corrected chi connectivity index (χ1v) is 9.14. The zero-order valence-electron chi connectivity index (χ0n) is 14.0. The summed E-state index contributed by atoms with van der Waals surface area (Å²) in [6.45, 7) is 2.39. The Hall–Kier alpha value is -2.86. The zero-order valence-corrected chi connectivity index (χ0v) is 14.8.